The second-order valence-electron chi connectivity index (χ2n) is 5.12. The summed E-state index contributed by atoms with van der Waals surface area (Å²) < 4.78 is 2.03. The van der Waals surface area contributed by atoms with Gasteiger partial charge >= 0.3 is 0 Å². The SMILES string of the molecule is CSc1ccc(C(=O)Cn2cnc3c2CCCC3)cc1. The zero-order chi connectivity index (χ0) is 13.9. The van der Waals surface area contributed by atoms with Gasteiger partial charge in [0.25, 0.3) is 0 Å². The van der Waals surface area contributed by atoms with Crippen molar-refractivity contribution in [2.24, 2.45) is 0 Å². The Morgan fingerprint density at radius 1 is 1.25 bits per heavy atom. The summed E-state index contributed by atoms with van der Waals surface area (Å²) in [5.41, 5.74) is 3.22. The molecular weight excluding hydrogens is 268 g/mol. The first-order valence-corrected chi connectivity index (χ1v) is 8.20. The molecule has 104 valence electrons. The molecule has 3 rings (SSSR count). The van der Waals surface area contributed by atoms with Crippen molar-refractivity contribution < 1.29 is 4.79 Å². The Bertz CT molecular complexity index is 616. The summed E-state index contributed by atoms with van der Waals surface area (Å²) in [5.74, 6) is 0.156. The number of rotatable bonds is 4. The topological polar surface area (TPSA) is 34.9 Å². The van der Waals surface area contributed by atoms with E-state index < -0.39 is 0 Å². The van der Waals surface area contributed by atoms with E-state index in [1.54, 1.807) is 11.8 Å². The molecule has 0 N–H and O–H groups in total. The normalized spacial score (nSPS) is 14.1. The zero-order valence-electron chi connectivity index (χ0n) is 11.6. The molecule has 1 aliphatic carbocycles. The molecule has 0 spiro atoms. The summed E-state index contributed by atoms with van der Waals surface area (Å²) in [5, 5.41) is 0. The van der Waals surface area contributed by atoms with Gasteiger partial charge in [0.2, 0.25) is 0 Å². The lowest BCUT2D eigenvalue weighted by Gasteiger charge is -2.13. The number of ketones is 1. The smallest absolute Gasteiger partial charge is 0.182 e. The lowest BCUT2D eigenvalue weighted by Crippen LogP contribution is -2.14. The summed E-state index contributed by atoms with van der Waals surface area (Å²) in [6, 6.07) is 7.83. The van der Waals surface area contributed by atoms with E-state index in [4.69, 9.17) is 0 Å². The van der Waals surface area contributed by atoms with Crippen molar-refractivity contribution in [2.45, 2.75) is 37.1 Å². The molecule has 2 aromatic rings. The fourth-order valence-electron chi connectivity index (χ4n) is 2.69. The minimum absolute atomic E-state index is 0.156. The number of imidazole rings is 1. The van der Waals surface area contributed by atoms with Crippen LogP contribution in [0, 0.1) is 0 Å². The van der Waals surface area contributed by atoms with Crippen molar-refractivity contribution in [3.63, 3.8) is 0 Å². The van der Waals surface area contributed by atoms with Crippen LogP contribution in [0.2, 0.25) is 0 Å². The van der Waals surface area contributed by atoms with E-state index in [-0.39, 0.29) is 5.78 Å². The number of fused-ring (bicyclic) bond motifs is 1. The van der Waals surface area contributed by atoms with Crippen LogP contribution in [0.1, 0.15) is 34.6 Å². The molecule has 3 nitrogen and oxygen atoms in total. The number of benzene rings is 1. The average molecular weight is 286 g/mol. The zero-order valence-corrected chi connectivity index (χ0v) is 12.4. The van der Waals surface area contributed by atoms with Crippen LogP contribution < -0.4 is 0 Å². The minimum Gasteiger partial charge on any atom is -0.327 e. The van der Waals surface area contributed by atoms with Crippen molar-refractivity contribution in [2.75, 3.05) is 6.26 Å². The molecule has 1 aromatic carbocycles. The number of aromatic nitrogens is 2. The van der Waals surface area contributed by atoms with Crippen LogP contribution in [0.5, 0.6) is 0 Å². The Kier molecular flexibility index (Phi) is 3.92. The number of Topliss-reactive ketones (excluding diaryl/α,β-unsaturated/α-hetero) is 1. The first-order chi connectivity index (χ1) is 9.78. The van der Waals surface area contributed by atoms with Crippen LogP contribution in [0.3, 0.4) is 0 Å². The highest BCUT2D eigenvalue weighted by atomic mass is 32.2. The van der Waals surface area contributed by atoms with E-state index in [2.05, 4.69) is 4.98 Å². The molecule has 0 atom stereocenters. The van der Waals surface area contributed by atoms with Crippen LogP contribution in [0.15, 0.2) is 35.5 Å². The fraction of sp³-hybridized carbons (Fsp3) is 0.375. The van der Waals surface area contributed by atoms with E-state index in [9.17, 15) is 4.79 Å². The summed E-state index contributed by atoms with van der Waals surface area (Å²) >= 11 is 1.69. The Labute approximate surface area is 123 Å². The van der Waals surface area contributed by atoms with E-state index in [0.29, 0.717) is 6.54 Å². The third-order valence-corrected chi connectivity index (χ3v) is 4.58. The molecule has 0 fully saturated rings. The maximum Gasteiger partial charge on any atom is 0.182 e. The maximum absolute atomic E-state index is 12.3. The monoisotopic (exact) mass is 286 g/mol. The van der Waals surface area contributed by atoms with Gasteiger partial charge in [-0.3, -0.25) is 4.79 Å². The first kappa shape index (κ1) is 13.4. The second kappa shape index (κ2) is 5.83. The number of hydrogen-bond donors (Lipinski definition) is 0. The Morgan fingerprint density at radius 2 is 2.00 bits per heavy atom. The molecule has 1 heterocycles. The number of hydrogen-bond acceptors (Lipinski definition) is 3. The van der Waals surface area contributed by atoms with Crippen LogP contribution >= 0.6 is 11.8 Å². The number of nitrogens with zero attached hydrogens (tertiary/aromatic N) is 2. The lowest BCUT2D eigenvalue weighted by molar-refractivity contribution is 0.0971. The predicted molar refractivity (Wildman–Crippen MR) is 81.4 cm³/mol. The van der Waals surface area contributed by atoms with E-state index in [1.165, 1.54) is 29.1 Å². The Hall–Kier alpha value is -1.55. The average Bonchev–Trinajstić information content (AvgIpc) is 2.91. The van der Waals surface area contributed by atoms with Crippen molar-refractivity contribution in [1.82, 2.24) is 9.55 Å². The summed E-state index contributed by atoms with van der Waals surface area (Å²) in [6.07, 6.45) is 8.38. The molecule has 0 amide bonds. The van der Waals surface area contributed by atoms with Gasteiger partial charge in [0.15, 0.2) is 5.78 Å². The van der Waals surface area contributed by atoms with Crippen LogP contribution in [0.4, 0.5) is 0 Å². The second-order valence-corrected chi connectivity index (χ2v) is 6.00. The molecule has 0 saturated heterocycles. The maximum atomic E-state index is 12.3. The number of aryl methyl sites for hydroxylation is 1. The van der Waals surface area contributed by atoms with Gasteiger partial charge in [0.1, 0.15) is 0 Å². The van der Waals surface area contributed by atoms with Crippen LogP contribution in [0.25, 0.3) is 0 Å². The van der Waals surface area contributed by atoms with Crippen molar-refractivity contribution in [3.8, 4) is 0 Å². The third-order valence-electron chi connectivity index (χ3n) is 3.84. The van der Waals surface area contributed by atoms with Crippen molar-refractivity contribution in [3.05, 3.63) is 47.5 Å². The van der Waals surface area contributed by atoms with Crippen LogP contribution in [-0.2, 0) is 19.4 Å². The van der Waals surface area contributed by atoms with Gasteiger partial charge in [-0.2, -0.15) is 0 Å². The minimum atomic E-state index is 0.156. The van der Waals surface area contributed by atoms with Crippen molar-refractivity contribution >= 4 is 17.5 Å². The standard InChI is InChI=1S/C16H18N2OS/c1-20-13-8-6-12(7-9-13)16(19)10-18-11-17-14-4-2-3-5-15(14)18/h6-9,11H,2-5,10H2,1H3. The Balaban J connectivity index is 1.76. The van der Waals surface area contributed by atoms with Gasteiger partial charge in [-0.05, 0) is 44.1 Å². The van der Waals surface area contributed by atoms with Gasteiger partial charge in [-0.25, -0.2) is 4.98 Å². The molecule has 1 aliphatic rings. The molecule has 0 unspecified atom stereocenters. The highest BCUT2D eigenvalue weighted by Gasteiger charge is 2.17. The van der Waals surface area contributed by atoms with Gasteiger partial charge in [0, 0.05) is 16.2 Å². The predicted octanol–water partition coefficient (Wildman–Crippen LogP) is 3.37. The Morgan fingerprint density at radius 3 is 2.75 bits per heavy atom. The molecule has 0 radical (unpaired) electrons. The van der Waals surface area contributed by atoms with Crippen molar-refractivity contribution in [1.29, 1.82) is 0 Å². The first-order valence-electron chi connectivity index (χ1n) is 6.98. The number of carbonyl (C=O) groups is 1. The lowest BCUT2D eigenvalue weighted by atomic mass is 10.0. The summed E-state index contributed by atoms with van der Waals surface area (Å²) in [4.78, 5) is 18.0. The molecule has 0 saturated carbocycles. The molecule has 20 heavy (non-hydrogen) atoms. The van der Waals surface area contributed by atoms with Crippen LogP contribution in [-0.4, -0.2) is 21.6 Å². The van der Waals surface area contributed by atoms with E-state index in [0.717, 1.165) is 18.4 Å². The largest absolute Gasteiger partial charge is 0.327 e. The van der Waals surface area contributed by atoms with Gasteiger partial charge < -0.3 is 4.57 Å². The molecule has 1 aromatic heterocycles. The van der Waals surface area contributed by atoms with E-state index in [1.807, 2.05) is 41.4 Å². The number of carbonyl (C=O) groups excluding carboxylic acids is 1. The van der Waals surface area contributed by atoms with E-state index >= 15 is 0 Å². The fourth-order valence-corrected chi connectivity index (χ4v) is 3.10. The molecular formula is C16H18N2OS. The summed E-state index contributed by atoms with van der Waals surface area (Å²) in [7, 11) is 0. The van der Waals surface area contributed by atoms with Gasteiger partial charge in [-0.15, -0.1) is 11.8 Å². The van der Waals surface area contributed by atoms with Gasteiger partial charge in [0.05, 0.1) is 18.6 Å². The summed E-state index contributed by atoms with van der Waals surface area (Å²) in [6.45, 7) is 0.404. The highest BCUT2D eigenvalue weighted by molar-refractivity contribution is 7.98. The third kappa shape index (κ3) is 2.66. The number of thioether (sulfide) groups is 1. The van der Waals surface area contributed by atoms with Gasteiger partial charge in [-0.1, -0.05) is 12.1 Å². The highest BCUT2D eigenvalue weighted by Crippen LogP contribution is 2.20. The molecule has 0 aliphatic heterocycles. The molecule has 0 bridgehead atoms. The quantitative estimate of drug-likeness (QED) is 0.638. The molecule has 4 heteroatoms.